The number of aromatic nitrogens is 2. The van der Waals surface area contributed by atoms with Crippen LogP contribution in [0.3, 0.4) is 0 Å². The van der Waals surface area contributed by atoms with E-state index in [-0.39, 0.29) is 6.47 Å². The maximum Gasteiger partial charge on any atom is 0.290 e. The van der Waals surface area contributed by atoms with Crippen LogP contribution in [0.2, 0.25) is 0 Å². The second-order valence-electron chi connectivity index (χ2n) is 6.56. The number of nitrogens with zero attached hydrogens (tertiary/aromatic N) is 3. The molecule has 1 aliphatic rings. The minimum atomic E-state index is -0.443. The predicted molar refractivity (Wildman–Crippen MR) is 105 cm³/mol. The van der Waals surface area contributed by atoms with Gasteiger partial charge in [0, 0.05) is 12.4 Å². The first-order valence-corrected chi connectivity index (χ1v) is 8.50. The third-order valence-corrected chi connectivity index (χ3v) is 4.61. The van der Waals surface area contributed by atoms with Crippen molar-refractivity contribution in [1.29, 1.82) is 0 Å². The van der Waals surface area contributed by atoms with E-state index < -0.39 is 5.54 Å². The van der Waals surface area contributed by atoms with Gasteiger partial charge in [0.1, 0.15) is 18.0 Å². The van der Waals surface area contributed by atoms with Crippen molar-refractivity contribution in [2.75, 3.05) is 13.2 Å². The lowest BCUT2D eigenvalue weighted by Crippen LogP contribution is -2.37. The number of aliphatic imine (C=N–C) groups is 1. The number of hydrogen-bond acceptors (Lipinski definition) is 5. The molecule has 3 N–H and O–H groups in total. The molecule has 3 aromatic rings. The molecular weight excluding hydrogens is 344 g/mol. The van der Waals surface area contributed by atoms with Crippen LogP contribution in [0.15, 0.2) is 53.7 Å². The van der Waals surface area contributed by atoms with Gasteiger partial charge >= 0.3 is 0 Å². The first-order chi connectivity index (χ1) is 13.0. The molecule has 2 aromatic carbocycles. The summed E-state index contributed by atoms with van der Waals surface area (Å²) < 4.78 is 7.49. The van der Waals surface area contributed by atoms with Crippen molar-refractivity contribution in [2.45, 2.75) is 12.5 Å². The fourth-order valence-electron chi connectivity index (χ4n) is 3.33. The zero-order valence-electron chi connectivity index (χ0n) is 15.3. The molecule has 0 spiro atoms. The number of carboxylic acid groups (broad SMARTS) is 1. The average molecular weight is 366 g/mol. The summed E-state index contributed by atoms with van der Waals surface area (Å²) in [7, 11) is 1.96. The number of nitrogens with two attached hydrogens (primary N) is 1. The Morgan fingerprint density at radius 3 is 2.78 bits per heavy atom. The first-order valence-electron chi connectivity index (χ1n) is 8.50. The summed E-state index contributed by atoms with van der Waals surface area (Å²) in [5.74, 6) is 0.545. The molecule has 1 atom stereocenters. The second kappa shape index (κ2) is 7.59. The molecule has 2 heterocycles. The van der Waals surface area contributed by atoms with Gasteiger partial charge in [-0.05, 0) is 35.7 Å². The van der Waals surface area contributed by atoms with Gasteiger partial charge in [-0.3, -0.25) is 14.5 Å². The smallest absolute Gasteiger partial charge is 0.290 e. The highest BCUT2D eigenvalue weighted by Crippen LogP contribution is 2.33. The highest BCUT2D eigenvalue weighted by molar-refractivity contribution is 5.94. The van der Waals surface area contributed by atoms with Crippen LogP contribution in [0.25, 0.3) is 22.0 Å². The van der Waals surface area contributed by atoms with Crippen molar-refractivity contribution in [3.8, 4) is 11.1 Å². The van der Waals surface area contributed by atoms with E-state index in [1.165, 1.54) is 5.56 Å². The Hall–Kier alpha value is -3.19. The molecule has 7 nitrogen and oxygen atoms in total. The molecule has 0 bridgehead atoms. The highest BCUT2D eigenvalue weighted by Gasteiger charge is 2.30. The summed E-state index contributed by atoms with van der Waals surface area (Å²) in [6.45, 7) is 2.75. The lowest BCUT2D eigenvalue weighted by Gasteiger charge is -2.30. The molecule has 0 fully saturated rings. The molecule has 1 aliphatic heterocycles. The molecule has 1 aromatic heterocycles. The third-order valence-electron chi connectivity index (χ3n) is 4.61. The van der Waals surface area contributed by atoms with Gasteiger partial charge in [-0.1, -0.05) is 30.3 Å². The largest absolute Gasteiger partial charge is 0.483 e. The monoisotopic (exact) mass is 366 g/mol. The van der Waals surface area contributed by atoms with E-state index in [1.807, 2.05) is 17.9 Å². The Labute approximate surface area is 157 Å². The van der Waals surface area contributed by atoms with Crippen molar-refractivity contribution in [2.24, 2.45) is 17.8 Å². The van der Waals surface area contributed by atoms with E-state index in [0.717, 1.165) is 22.0 Å². The van der Waals surface area contributed by atoms with Gasteiger partial charge in [-0.2, -0.15) is 5.10 Å². The second-order valence-corrected chi connectivity index (χ2v) is 6.56. The number of carbonyl (C=O) groups is 1. The fourth-order valence-corrected chi connectivity index (χ4v) is 3.33. The topological polar surface area (TPSA) is 103 Å². The van der Waals surface area contributed by atoms with E-state index in [1.54, 1.807) is 0 Å². The van der Waals surface area contributed by atoms with Crippen LogP contribution < -0.4 is 5.73 Å². The number of rotatable bonds is 2. The van der Waals surface area contributed by atoms with Gasteiger partial charge in [0.2, 0.25) is 0 Å². The van der Waals surface area contributed by atoms with E-state index in [0.29, 0.717) is 19.0 Å². The average Bonchev–Trinajstić information content (AvgIpc) is 3.04. The lowest BCUT2D eigenvalue weighted by molar-refractivity contribution is -0.122. The third kappa shape index (κ3) is 3.68. The molecule has 0 amide bonds. The maximum absolute atomic E-state index is 8.36. The fraction of sp³-hybridized carbons (Fsp3) is 0.250. The van der Waals surface area contributed by atoms with Crippen molar-refractivity contribution in [1.82, 2.24) is 9.78 Å². The summed E-state index contributed by atoms with van der Waals surface area (Å²) in [5.41, 5.74) is 9.97. The minimum Gasteiger partial charge on any atom is -0.483 e. The first kappa shape index (κ1) is 18.6. The molecule has 140 valence electrons. The van der Waals surface area contributed by atoms with Gasteiger partial charge < -0.3 is 15.6 Å². The van der Waals surface area contributed by atoms with Gasteiger partial charge in [0.25, 0.3) is 6.47 Å². The van der Waals surface area contributed by atoms with Crippen molar-refractivity contribution < 1.29 is 14.6 Å². The number of ether oxygens (including phenoxy) is 1. The number of fused-ring (bicyclic) bond motifs is 1. The molecular formula is C20H22N4O3. The van der Waals surface area contributed by atoms with Gasteiger partial charge in [0.15, 0.2) is 0 Å². The number of hydrogen-bond donors (Lipinski definition) is 2. The number of aryl methyl sites for hydroxylation is 1. The summed E-state index contributed by atoms with van der Waals surface area (Å²) in [6, 6.07) is 14.7. The summed E-state index contributed by atoms with van der Waals surface area (Å²) in [5, 5.41) is 12.4. The molecule has 0 aliphatic carbocycles. The van der Waals surface area contributed by atoms with Gasteiger partial charge in [-0.25, -0.2) is 0 Å². The van der Waals surface area contributed by atoms with E-state index in [2.05, 4.69) is 59.5 Å². The molecule has 0 saturated carbocycles. The molecule has 0 radical (unpaired) electrons. The highest BCUT2D eigenvalue weighted by atomic mass is 16.5. The zero-order valence-corrected chi connectivity index (χ0v) is 15.3. The zero-order chi connectivity index (χ0) is 19.4. The lowest BCUT2D eigenvalue weighted by atomic mass is 9.89. The van der Waals surface area contributed by atoms with Crippen molar-refractivity contribution in [3.05, 3.63) is 54.2 Å². The van der Waals surface area contributed by atoms with Crippen molar-refractivity contribution in [3.63, 3.8) is 0 Å². The van der Waals surface area contributed by atoms with Crippen LogP contribution in [0.1, 0.15) is 12.5 Å². The van der Waals surface area contributed by atoms with Crippen LogP contribution >= 0.6 is 0 Å². The normalized spacial score (nSPS) is 19.1. The van der Waals surface area contributed by atoms with Crippen molar-refractivity contribution >= 4 is 23.2 Å². The molecule has 27 heavy (non-hydrogen) atoms. The minimum absolute atomic E-state index is 0.250. The Bertz CT molecular complexity index is 996. The van der Waals surface area contributed by atoms with Gasteiger partial charge in [-0.15, -0.1) is 0 Å². The Balaban J connectivity index is 0.000000659. The van der Waals surface area contributed by atoms with E-state index in [9.17, 15) is 0 Å². The molecule has 4 rings (SSSR count). The Morgan fingerprint density at radius 1 is 1.30 bits per heavy atom. The molecule has 1 unspecified atom stereocenters. The number of benzene rings is 2. The molecule has 0 saturated heterocycles. The van der Waals surface area contributed by atoms with Crippen LogP contribution in [-0.2, 0) is 22.1 Å². The summed E-state index contributed by atoms with van der Waals surface area (Å²) >= 11 is 0. The quantitative estimate of drug-likeness (QED) is 0.679. The number of amidine groups is 1. The van der Waals surface area contributed by atoms with Crippen LogP contribution in [0.4, 0.5) is 0 Å². The summed E-state index contributed by atoms with van der Waals surface area (Å²) in [4.78, 5) is 13.0. The Kier molecular flexibility index (Phi) is 5.23. The molecule has 7 heteroatoms. The summed E-state index contributed by atoms with van der Waals surface area (Å²) in [6.07, 6.45) is 1.92. The Morgan fingerprint density at radius 2 is 2.04 bits per heavy atom. The van der Waals surface area contributed by atoms with Gasteiger partial charge in [0.05, 0.1) is 18.3 Å². The van der Waals surface area contributed by atoms with E-state index in [4.69, 9.17) is 20.4 Å². The standard InChI is InChI=1S/C19H20N4O.CH2O2/c1-19(12-24-11-18(20)22-19)14-6-3-5-13(9-14)15-7-4-8-17-16(15)10-21-23(17)2;2-1-3/h3-10H,11-12H2,1-2H3,(H2,20,22);1H,(H,2,3). The predicted octanol–water partition coefficient (Wildman–Crippen LogP) is 2.54. The van der Waals surface area contributed by atoms with Crippen LogP contribution in [0, 0.1) is 0 Å². The maximum atomic E-state index is 8.36. The SMILES string of the molecule is Cn1ncc2c(-c3cccc(C4(C)COCC(N)=N4)c3)cccc21.O=CO. The van der Waals surface area contributed by atoms with E-state index >= 15 is 0 Å². The van der Waals surface area contributed by atoms with Crippen LogP contribution in [0.5, 0.6) is 0 Å². The van der Waals surface area contributed by atoms with Crippen LogP contribution in [-0.4, -0.2) is 40.4 Å².